The van der Waals surface area contributed by atoms with E-state index in [2.05, 4.69) is 6.58 Å². The van der Waals surface area contributed by atoms with E-state index in [9.17, 15) is 19.7 Å². The zero-order valence-electron chi connectivity index (χ0n) is 17.0. The molecule has 0 aliphatic carbocycles. The molecule has 0 bridgehead atoms. The van der Waals surface area contributed by atoms with Gasteiger partial charge in [0.05, 0.1) is 4.92 Å². The lowest BCUT2D eigenvalue weighted by atomic mass is 9.69. The van der Waals surface area contributed by atoms with Gasteiger partial charge in [-0.1, -0.05) is 50.8 Å². The first kappa shape index (κ1) is 21.1. The summed E-state index contributed by atoms with van der Waals surface area (Å²) in [4.78, 5) is 40.8. The van der Waals surface area contributed by atoms with Crippen LogP contribution in [-0.4, -0.2) is 28.1 Å². The van der Waals surface area contributed by atoms with Crippen LogP contribution < -0.4 is 0 Å². The van der Waals surface area contributed by atoms with Gasteiger partial charge in [0, 0.05) is 23.6 Å². The molecule has 0 saturated heterocycles. The van der Waals surface area contributed by atoms with Crippen molar-refractivity contribution in [2.45, 2.75) is 32.2 Å². The van der Waals surface area contributed by atoms with E-state index in [-0.39, 0.29) is 28.9 Å². The molecule has 30 heavy (non-hydrogen) atoms. The summed E-state index contributed by atoms with van der Waals surface area (Å²) in [5, 5.41) is 11.0. The molecule has 0 radical (unpaired) electrons. The number of nitro benzene ring substituents is 1. The average molecular weight is 406 g/mol. The van der Waals surface area contributed by atoms with E-state index in [4.69, 9.17) is 9.73 Å². The SMILES string of the molecule is C=C(C(C)=O)[C@@H](c1ccc([N+](=O)[O-])cc1)[C@]1(C(C)C)N=C(c2ccccc2)OC1=O. The first-order valence-electron chi connectivity index (χ1n) is 9.50. The van der Waals surface area contributed by atoms with Crippen LogP contribution in [0.1, 0.15) is 37.8 Å². The Bertz CT molecular complexity index is 1040. The summed E-state index contributed by atoms with van der Waals surface area (Å²) < 4.78 is 5.57. The van der Waals surface area contributed by atoms with Crippen molar-refractivity contribution in [3.05, 3.63) is 88.0 Å². The average Bonchev–Trinajstić information content (AvgIpc) is 3.07. The number of nitro groups is 1. The molecule has 0 spiro atoms. The largest absolute Gasteiger partial charge is 0.405 e. The second-order valence-electron chi connectivity index (χ2n) is 7.52. The molecule has 0 saturated carbocycles. The summed E-state index contributed by atoms with van der Waals surface area (Å²) in [5.41, 5.74) is -0.155. The Morgan fingerprint density at radius 1 is 1.13 bits per heavy atom. The lowest BCUT2D eigenvalue weighted by Gasteiger charge is -2.35. The van der Waals surface area contributed by atoms with E-state index < -0.39 is 22.3 Å². The van der Waals surface area contributed by atoms with Gasteiger partial charge < -0.3 is 4.74 Å². The fraction of sp³-hybridized carbons (Fsp3) is 0.261. The summed E-state index contributed by atoms with van der Waals surface area (Å²) in [5.74, 6) is -1.87. The Labute approximate surface area is 174 Å². The zero-order chi connectivity index (χ0) is 22.1. The molecule has 7 nitrogen and oxygen atoms in total. The first-order valence-corrected chi connectivity index (χ1v) is 9.50. The van der Waals surface area contributed by atoms with Crippen LogP contribution in [0.4, 0.5) is 5.69 Å². The van der Waals surface area contributed by atoms with Crippen LogP contribution in [-0.2, 0) is 14.3 Å². The third kappa shape index (κ3) is 3.54. The number of Topliss-reactive ketones (excluding diaryl/α,β-unsaturated/α-hetero) is 1. The van der Waals surface area contributed by atoms with Crippen LogP contribution >= 0.6 is 0 Å². The number of rotatable bonds is 7. The number of carbonyl (C=O) groups excluding carboxylic acids is 2. The quantitative estimate of drug-likeness (QED) is 0.297. The van der Waals surface area contributed by atoms with Gasteiger partial charge in [0.1, 0.15) is 0 Å². The fourth-order valence-electron chi connectivity index (χ4n) is 3.70. The fourth-order valence-corrected chi connectivity index (χ4v) is 3.70. The van der Waals surface area contributed by atoms with Crippen molar-refractivity contribution in [3.8, 4) is 0 Å². The second kappa shape index (κ2) is 8.02. The highest BCUT2D eigenvalue weighted by molar-refractivity contribution is 6.09. The Morgan fingerprint density at radius 2 is 1.73 bits per heavy atom. The molecule has 154 valence electrons. The van der Waals surface area contributed by atoms with E-state index in [0.717, 1.165) is 0 Å². The topological polar surface area (TPSA) is 98.9 Å². The highest BCUT2D eigenvalue weighted by Gasteiger charge is 2.56. The number of cyclic esters (lactones) is 1. The molecule has 1 aliphatic rings. The minimum absolute atomic E-state index is 0.0907. The van der Waals surface area contributed by atoms with Crippen molar-refractivity contribution in [1.82, 2.24) is 0 Å². The maximum Gasteiger partial charge on any atom is 0.342 e. The van der Waals surface area contributed by atoms with E-state index >= 15 is 0 Å². The number of nitrogens with zero attached hydrogens (tertiary/aromatic N) is 2. The van der Waals surface area contributed by atoms with Crippen molar-refractivity contribution < 1.29 is 19.2 Å². The van der Waals surface area contributed by atoms with Gasteiger partial charge in [-0.15, -0.1) is 0 Å². The number of non-ortho nitro benzene ring substituents is 1. The van der Waals surface area contributed by atoms with Crippen LogP contribution in [0.25, 0.3) is 0 Å². The lowest BCUT2D eigenvalue weighted by molar-refractivity contribution is -0.384. The molecule has 2 aromatic carbocycles. The van der Waals surface area contributed by atoms with Crippen molar-refractivity contribution in [3.63, 3.8) is 0 Å². The van der Waals surface area contributed by atoms with E-state index in [0.29, 0.717) is 11.1 Å². The number of carbonyl (C=O) groups is 2. The molecule has 1 aliphatic heterocycles. The highest BCUT2D eigenvalue weighted by Crippen LogP contribution is 2.46. The van der Waals surface area contributed by atoms with E-state index in [1.165, 1.54) is 31.2 Å². The molecule has 0 fully saturated rings. The molecular weight excluding hydrogens is 384 g/mol. The lowest BCUT2D eigenvalue weighted by Crippen LogP contribution is -2.46. The van der Waals surface area contributed by atoms with Gasteiger partial charge in [-0.05, 0) is 36.1 Å². The van der Waals surface area contributed by atoms with E-state index in [1.807, 2.05) is 32.0 Å². The molecule has 0 aromatic heterocycles. The predicted molar refractivity (Wildman–Crippen MR) is 112 cm³/mol. The molecule has 1 heterocycles. The Morgan fingerprint density at radius 3 is 2.23 bits per heavy atom. The van der Waals surface area contributed by atoms with Crippen LogP contribution in [0.5, 0.6) is 0 Å². The number of hydrogen-bond donors (Lipinski definition) is 0. The molecule has 2 atom stereocenters. The van der Waals surface area contributed by atoms with Gasteiger partial charge in [-0.3, -0.25) is 14.9 Å². The van der Waals surface area contributed by atoms with Gasteiger partial charge in [-0.25, -0.2) is 9.79 Å². The van der Waals surface area contributed by atoms with Gasteiger partial charge in [0.25, 0.3) is 5.69 Å². The molecule has 3 rings (SSSR count). The Kier molecular flexibility index (Phi) is 5.64. The van der Waals surface area contributed by atoms with Crippen LogP contribution in [0.3, 0.4) is 0 Å². The molecule has 7 heteroatoms. The minimum atomic E-state index is -1.43. The number of benzene rings is 2. The maximum atomic E-state index is 13.2. The minimum Gasteiger partial charge on any atom is -0.405 e. The molecular formula is C23H22N2O5. The number of aliphatic imine (C=N–C) groups is 1. The highest BCUT2D eigenvalue weighted by atomic mass is 16.6. The third-order valence-electron chi connectivity index (χ3n) is 5.38. The zero-order valence-corrected chi connectivity index (χ0v) is 17.0. The number of ether oxygens (including phenoxy) is 1. The standard InChI is InChI=1S/C23H22N2O5/c1-14(2)23(22(27)30-21(24-23)18-8-6-5-7-9-18)20(15(3)16(4)26)17-10-12-19(13-11-17)25(28)29/h5-14,20H,3H2,1-2,4H3/t20-,23-/m0/s1. The van der Waals surface area contributed by atoms with E-state index in [1.54, 1.807) is 12.1 Å². The second-order valence-corrected chi connectivity index (χ2v) is 7.52. The van der Waals surface area contributed by atoms with Gasteiger partial charge in [-0.2, -0.15) is 0 Å². The number of ketones is 1. The summed E-state index contributed by atoms with van der Waals surface area (Å²) in [7, 11) is 0. The van der Waals surface area contributed by atoms with Crippen molar-refractivity contribution in [2.75, 3.05) is 0 Å². The normalized spacial score (nSPS) is 19.2. The van der Waals surface area contributed by atoms with Crippen LogP contribution in [0.2, 0.25) is 0 Å². The smallest absolute Gasteiger partial charge is 0.342 e. The molecule has 0 amide bonds. The van der Waals surface area contributed by atoms with Crippen LogP contribution in [0, 0.1) is 16.0 Å². The van der Waals surface area contributed by atoms with Crippen molar-refractivity contribution in [2.24, 2.45) is 10.9 Å². The predicted octanol–water partition coefficient (Wildman–Crippen LogP) is 4.22. The van der Waals surface area contributed by atoms with Crippen molar-refractivity contribution >= 4 is 23.3 Å². The van der Waals surface area contributed by atoms with Crippen molar-refractivity contribution in [1.29, 1.82) is 0 Å². The maximum absolute atomic E-state index is 13.2. The first-order chi connectivity index (χ1) is 14.2. The molecule has 0 N–H and O–H groups in total. The number of hydrogen-bond acceptors (Lipinski definition) is 6. The summed E-state index contributed by atoms with van der Waals surface area (Å²) >= 11 is 0. The molecule has 2 aromatic rings. The number of esters is 1. The summed E-state index contributed by atoms with van der Waals surface area (Å²) in [6.45, 7) is 8.95. The monoisotopic (exact) mass is 406 g/mol. The van der Waals surface area contributed by atoms with Crippen LogP contribution in [0.15, 0.2) is 71.7 Å². The van der Waals surface area contributed by atoms with Gasteiger partial charge in [0.15, 0.2) is 11.3 Å². The van der Waals surface area contributed by atoms with Gasteiger partial charge >= 0.3 is 5.97 Å². The Hall–Kier alpha value is -3.61. The molecule has 0 unspecified atom stereocenters. The Balaban J connectivity index is 2.21. The third-order valence-corrected chi connectivity index (χ3v) is 5.38. The summed E-state index contributed by atoms with van der Waals surface area (Å²) in [6.07, 6.45) is 0. The summed E-state index contributed by atoms with van der Waals surface area (Å²) in [6, 6.07) is 14.8. The van der Waals surface area contributed by atoms with Gasteiger partial charge in [0.2, 0.25) is 5.90 Å².